The van der Waals surface area contributed by atoms with Gasteiger partial charge in [0, 0.05) is 22.8 Å². The number of pyridine rings is 1. The fourth-order valence-electron chi connectivity index (χ4n) is 3.08. The van der Waals surface area contributed by atoms with Gasteiger partial charge >= 0.3 is 12.2 Å². The van der Waals surface area contributed by atoms with Crippen molar-refractivity contribution >= 4 is 51.9 Å². The van der Waals surface area contributed by atoms with E-state index in [-0.39, 0.29) is 11.3 Å². The number of hydrogen-bond acceptors (Lipinski definition) is 6. The van der Waals surface area contributed by atoms with Crippen molar-refractivity contribution in [1.29, 1.82) is 0 Å². The summed E-state index contributed by atoms with van der Waals surface area (Å²) in [6.45, 7) is 0. The number of urea groups is 1. The number of alkyl halides is 3. The van der Waals surface area contributed by atoms with Crippen LogP contribution in [0.2, 0.25) is 5.02 Å². The number of hydrogen-bond donors (Lipinski definition) is 3. The van der Waals surface area contributed by atoms with Crippen molar-refractivity contribution in [2.75, 3.05) is 16.9 Å². The summed E-state index contributed by atoms with van der Waals surface area (Å²) in [4.78, 5) is 35.2. The third-order valence-corrected chi connectivity index (χ3v) is 5.73. The van der Waals surface area contributed by atoms with Crippen molar-refractivity contribution in [3.05, 3.63) is 75.8 Å². The first-order chi connectivity index (χ1) is 16.6. The number of aromatic amines is 1. The molecule has 2 heterocycles. The number of nitrogens with zero attached hydrogens (tertiary/aromatic N) is 2. The topological polar surface area (TPSA) is 109 Å². The number of H-pyrrole nitrogens is 1. The first-order valence-electron chi connectivity index (χ1n) is 9.79. The van der Waals surface area contributed by atoms with Crippen molar-refractivity contribution in [2.24, 2.45) is 0 Å². The fraction of sp³-hybridized carbons (Fsp3) is 0.0909. The molecule has 0 unspecified atom stereocenters. The van der Waals surface area contributed by atoms with E-state index in [0.29, 0.717) is 27.6 Å². The van der Waals surface area contributed by atoms with E-state index in [1.807, 2.05) is 0 Å². The summed E-state index contributed by atoms with van der Waals surface area (Å²) in [5.74, 6) is 0.785. The highest BCUT2D eigenvalue weighted by molar-refractivity contribution is 7.98. The maximum atomic E-state index is 13.1. The molecule has 3 N–H and O–H groups in total. The lowest BCUT2D eigenvalue weighted by Crippen LogP contribution is -2.20. The molecule has 2 amide bonds. The molecule has 13 heteroatoms. The molecule has 8 nitrogen and oxygen atoms in total. The Kier molecular flexibility index (Phi) is 6.85. The Hall–Kier alpha value is -3.77. The maximum Gasteiger partial charge on any atom is 0.417 e. The van der Waals surface area contributed by atoms with Gasteiger partial charge in [-0.1, -0.05) is 11.6 Å². The number of amides is 2. The monoisotopic (exact) mass is 521 g/mol. The highest BCUT2D eigenvalue weighted by Gasteiger charge is 2.33. The van der Waals surface area contributed by atoms with Crippen LogP contribution in [-0.2, 0) is 6.18 Å². The van der Waals surface area contributed by atoms with Gasteiger partial charge in [0.25, 0.3) is 5.56 Å². The Bertz CT molecular complexity index is 1480. The van der Waals surface area contributed by atoms with Crippen molar-refractivity contribution in [2.45, 2.75) is 11.1 Å². The standard InChI is InChI=1S/C22H15ClF3N5O3S/c1-35-17-9-12(34-16-6-7-27-20-19(16)28-10-18(32)31-20)3-5-15(17)30-21(33)29-11-2-4-14(23)13(8-11)22(24,25)26/h2-10H,1H3,(H,27,31,32)(H2,29,30,33). The van der Waals surface area contributed by atoms with Crippen LogP contribution in [0.4, 0.5) is 29.3 Å². The number of carbonyl (C=O) groups excluding carboxylic acids is 1. The Morgan fingerprint density at radius 2 is 1.91 bits per heavy atom. The van der Waals surface area contributed by atoms with E-state index in [4.69, 9.17) is 16.3 Å². The summed E-state index contributed by atoms with van der Waals surface area (Å²) < 4.78 is 45.1. The maximum absolute atomic E-state index is 13.1. The lowest BCUT2D eigenvalue weighted by atomic mass is 10.2. The number of thioether (sulfide) groups is 1. The third-order valence-electron chi connectivity index (χ3n) is 4.62. The van der Waals surface area contributed by atoms with E-state index in [2.05, 4.69) is 25.6 Å². The lowest BCUT2D eigenvalue weighted by molar-refractivity contribution is -0.137. The van der Waals surface area contributed by atoms with E-state index < -0.39 is 28.4 Å². The molecule has 0 radical (unpaired) electrons. The van der Waals surface area contributed by atoms with Gasteiger partial charge in [-0.2, -0.15) is 13.2 Å². The molecule has 0 saturated heterocycles. The zero-order valence-corrected chi connectivity index (χ0v) is 19.3. The first-order valence-corrected chi connectivity index (χ1v) is 11.4. The minimum atomic E-state index is -4.65. The van der Waals surface area contributed by atoms with Gasteiger partial charge < -0.3 is 20.4 Å². The van der Waals surface area contributed by atoms with Crippen LogP contribution < -0.4 is 20.9 Å². The molecule has 0 spiro atoms. The summed E-state index contributed by atoms with van der Waals surface area (Å²) in [5, 5.41) is 4.51. The fourth-order valence-corrected chi connectivity index (χ4v) is 3.87. The van der Waals surface area contributed by atoms with Crippen molar-refractivity contribution in [3.63, 3.8) is 0 Å². The highest BCUT2D eigenvalue weighted by Crippen LogP contribution is 2.37. The number of anilines is 2. The normalized spacial score (nSPS) is 11.3. The Labute approximate surface area is 204 Å². The van der Waals surface area contributed by atoms with Crippen LogP contribution in [0.1, 0.15) is 5.56 Å². The molecule has 0 saturated carbocycles. The number of carbonyl (C=O) groups is 1. The Morgan fingerprint density at radius 1 is 1.11 bits per heavy atom. The zero-order chi connectivity index (χ0) is 25.2. The van der Waals surface area contributed by atoms with Crippen LogP contribution in [0.3, 0.4) is 0 Å². The number of fused-ring (bicyclic) bond motifs is 1. The van der Waals surface area contributed by atoms with E-state index in [1.165, 1.54) is 24.0 Å². The van der Waals surface area contributed by atoms with E-state index in [9.17, 15) is 22.8 Å². The molecule has 0 aliphatic heterocycles. The zero-order valence-electron chi connectivity index (χ0n) is 17.7. The largest absolute Gasteiger partial charge is 0.455 e. The molecule has 2 aromatic carbocycles. The molecule has 0 bridgehead atoms. The van der Waals surface area contributed by atoms with E-state index in [1.54, 1.807) is 30.5 Å². The number of rotatable bonds is 5. The second-order valence-corrected chi connectivity index (χ2v) is 8.24. The van der Waals surface area contributed by atoms with Gasteiger partial charge in [-0.05, 0) is 42.7 Å². The molecule has 0 aliphatic rings. The van der Waals surface area contributed by atoms with Crippen molar-refractivity contribution in [1.82, 2.24) is 15.0 Å². The molecule has 4 aromatic rings. The van der Waals surface area contributed by atoms with Gasteiger partial charge in [0.1, 0.15) is 11.3 Å². The van der Waals surface area contributed by atoms with E-state index in [0.717, 1.165) is 18.3 Å². The van der Waals surface area contributed by atoms with Gasteiger partial charge in [-0.15, -0.1) is 11.8 Å². The molecule has 0 aliphatic carbocycles. The summed E-state index contributed by atoms with van der Waals surface area (Å²) in [6, 6.07) is 8.79. The van der Waals surface area contributed by atoms with E-state index >= 15 is 0 Å². The van der Waals surface area contributed by atoms with Crippen LogP contribution in [0, 0.1) is 0 Å². The van der Waals surface area contributed by atoms with Crippen LogP contribution in [0.25, 0.3) is 11.2 Å². The number of aromatic nitrogens is 3. The Morgan fingerprint density at radius 3 is 2.66 bits per heavy atom. The molecule has 180 valence electrons. The van der Waals surface area contributed by atoms with Crippen LogP contribution in [0.15, 0.2) is 64.5 Å². The second-order valence-electron chi connectivity index (χ2n) is 6.99. The quantitative estimate of drug-likeness (QED) is 0.272. The van der Waals surface area contributed by atoms with Crippen LogP contribution in [-0.4, -0.2) is 27.2 Å². The molecular formula is C22H15ClF3N5O3S. The molecule has 35 heavy (non-hydrogen) atoms. The molecule has 0 fully saturated rings. The summed E-state index contributed by atoms with van der Waals surface area (Å²) in [5.41, 5.74) is -0.472. The van der Waals surface area contributed by atoms with Gasteiger partial charge in [0.2, 0.25) is 0 Å². The lowest BCUT2D eigenvalue weighted by Gasteiger charge is -2.14. The summed E-state index contributed by atoms with van der Waals surface area (Å²) in [6.07, 6.45) is -0.288. The minimum absolute atomic E-state index is 0.0695. The number of ether oxygens (including phenoxy) is 1. The van der Waals surface area contributed by atoms with Gasteiger partial charge in [-0.3, -0.25) is 4.79 Å². The van der Waals surface area contributed by atoms with Gasteiger partial charge in [0.15, 0.2) is 11.4 Å². The molecule has 0 atom stereocenters. The number of nitrogens with one attached hydrogen (secondary N) is 3. The molecular weight excluding hydrogens is 507 g/mol. The SMILES string of the molecule is CSc1cc(Oc2ccnc3[nH]c(=O)cnc23)ccc1NC(=O)Nc1ccc(Cl)c(C(F)(F)F)c1. The molecule has 2 aromatic heterocycles. The third kappa shape index (κ3) is 5.66. The average Bonchev–Trinajstić information content (AvgIpc) is 2.80. The van der Waals surface area contributed by atoms with Crippen LogP contribution >= 0.6 is 23.4 Å². The second kappa shape index (κ2) is 9.84. The smallest absolute Gasteiger partial charge is 0.417 e. The number of halogens is 4. The summed E-state index contributed by atoms with van der Waals surface area (Å²) >= 11 is 6.93. The van der Waals surface area contributed by atoms with Crippen molar-refractivity contribution < 1.29 is 22.7 Å². The Balaban J connectivity index is 1.51. The first kappa shape index (κ1) is 24.4. The van der Waals surface area contributed by atoms with Gasteiger partial charge in [0.05, 0.1) is 22.5 Å². The number of benzene rings is 2. The predicted molar refractivity (Wildman–Crippen MR) is 128 cm³/mol. The van der Waals surface area contributed by atoms with Crippen molar-refractivity contribution in [3.8, 4) is 11.5 Å². The van der Waals surface area contributed by atoms with Crippen LogP contribution in [0.5, 0.6) is 11.5 Å². The summed E-state index contributed by atoms with van der Waals surface area (Å²) in [7, 11) is 0. The van der Waals surface area contributed by atoms with Gasteiger partial charge in [-0.25, -0.2) is 14.8 Å². The minimum Gasteiger partial charge on any atom is -0.455 e. The average molecular weight is 522 g/mol. The highest BCUT2D eigenvalue weighted by atomic mass is 35.5. The predicted octanol–water partition coefficient (Wildman–Crippen LogP) is 6.15. The molecule has 4 rings (SSSR count).